The number of para-hydroxylation sites is 1. The lowest BCUT2D eigenvalue weighted by Gasteiger charge is -2.33. The maximum atomic E-state index is 11.7. The smallest absolute Gasteiger partial charge is 0.337 e. The number of hydrogen-bond acceptors (Lipinski definition) is 6. The number of aromatic nitrogens is 1. The maximum Gasteiger partial charge on any atom is 0.337 e. The van der Waals surface area contributed by atoms with Gasteiger partial charge in [0, 0.05) is 35.9 Å². The molecule has 2 unspecified atom stereocenters. The number of carbonyl (C=O) groups is 1. The van der Waals surface area contributed by atoms with Crippen molar-refractivity contribution in [3.63, 3.8) is 0 Å². The van der Waals surface area contributed by atoms with Gasteiger partial charge in [0.05, 0.1) is 29.5 Å². The SMILES string of the molecule is Cc1cc([C@@H](C)Nc2ccccc2C(=O)O)c2oc3c(N4CC5CCC(C4)O5)ccnc3c2c1. The van der Waals surface area contributed by atoms with Crippen LogP contribution in [0, 0.1) is 6.92 Å². The second-order valence-electron chi connectivity index (χ2n) is 9.42. The molecule has 6 rings (SSSR count). The number of fused-ring (bicyclic) bond motifs is 5. The lowest BCUT2D eigenvalue weighted by atomic mass is 10.0. The van der Waals surface area contributed by atoms with Gasteiger partial charge in [0.2, 0.25) is 0 Å². The summed E-state index contributed by atoms with van der Waals surface area (Å²) in [5.41, 5.74) is 6.39. The van der Waals surface area contributed by atoms with Gasteiger partial charge in [-0.1, -0.05) is 18.2 Å². The molecule has 2 aromatic carbocycles. The number of morpholine rings is 1. The van der Waals surface area contributed by atoms with Gasteiger partial charge in [-0.3, -0.25) is 4.98 Å². The minimum absolute atomic E-state index is 0.175. The highest BCUT2D eigenvalue weighted by atomic mass is 16.5. The molecular weight excluding hydrogens is 430 g/mol. The van der Waals surface area contributed by atoms with Gasteiger partial charge in [0.15, 0.2) is 5.58 Å². The first-order chi connectivity index (χ1) is 16.5. The molecule has 0 spiro atoms. The molecule has 2 aliphatic heterocycles. The molecule has 2 fully saturated rings. The molecule has 3 atom stereocenters. The van der Waals surface area contributed by atoms with E-state index in [1.54, 1.807) is 18.2 Å². The standard InChI is InChI=1S/C27H27N3O4/c1-15-11-20(16(2)29-22-6-4-3-5-19(22)27(31)32)25-21(12-15)24-26(34-25)23(9-10-28-24)30-13-17-7-8-18(14-30)33-17/h3-6,9-12,16-18,29H,7-8,13-14H2,1-2H3,(H,31,32)/t16-,17?,18?/m1/s1. The van der Waals surface area contributed by atoms with E-state index in [0.29, 0.717) is 5.69 Å². The van der Waals surface area contributed by atoms with E-state index in [4.69, 9.17) is 14.1 Å². The lowest BCUT2D eigenvalue weighted by molar-refractivity contribution is 0.0305. The Hall–Kier alpha value is -3.58. The van der Waals surface area contributed by atoms with Crippen LogP contribution in [-0.4, -0.2) is 41.4 Å². The number of aryl methyl sites for hydroxylation is 1. The van der Waals surface area contributed by atoms with Gasteiger partial charge in [0.1, 0.15) is 11.1 Å². The third-order valence-electron chi connectivity index (χ3n) is 6.99. The third-order valence-corrected chi connectivity index (χ3v) is 6.99. The fourth-order valence-corrected chi connectivity index (χ4v) is 5.41. The number of benzene rings is 2. The van der Waals surface area contributed by atoms with Gasteiger partial charge in [0.25, 0.3) is 0 Å². The van der Waals surface area contributed by atoms with E-state index in [1.807, 2.05) is 25.3 Å². The number of pyridine rings is 1. The summed E-state index contributed by atoms with van der Waals surface area (Å²) in [6, 6.07) is 13.0. The van der Waals surface area contributed by atoms with Gasteiger partial charge >= 0.3 is 5.97 Å². The Morgan fingerprint density at radius 2 is 1.91 bits per heavy atom. The Bertz CT molecular complexity index is 1400. The van der Waals surface area contributed by atoms with E-state index < -0.39 is 5.97 Å². The van der Waals surface area contributed by atoms with Crippen LogP contribution in [-0.2, 0) is 4.74 Å². The van der Waals surface area contributed by atoms with Crippen LogP contribution in [0.1, 0.15) is 47.3 Å². The van der Waals surface area contributed by atoms with Crippen molar-refractivity contribution in [2.75, 3.05) is 23.3 Å². The highest BCUT2D eigenvalue weighted by Crippen LogP contribution is 2.40. The predicted octanol–water partition coefficient (Wildman–Crippen LogP) is 5.53. The fourth-order valence-electron chi connectivity index (χ4n) is 5.41. The number of nitrogens with zero attached hydrogens (tertiary/aromatic N) is 2. The van der Waals surface area contributed by atoms with Gasteiger partial charge in [-0.05, 0) is 56.5 Å². The van der Waals surface area contributed by atoms with Gasteiger partial charge in [-0.25, -0.2) is 4.79 Å². The van der Waals surface area contributed by atoms with Crippen LogP contribution in [0.15, 0.2) is 53.1 Å². The summed E-state index contributed by atoms with van der Waals surface area (Å²) in [6.45, 7) is 5.81. The second kappa shape index (κ2) is 8.02. The first kappa shape index (κ1) is 21.0. The van der Waals surface area contributed by atoms with Crippen LogP contribution in [0.25, 0.3) is 22.1 Å². The van der Waals surface area contributed by atoms with Crippen LogP contribution in [0.3, 0.4) is 0 Å². The average Bonchev–Trinajstić information content (AvgIpc) is 3.37. The zero-order valence-corrected chi connectivity index (χ0v) is 19.2. The number of anilines is 2. The number of aromatic carboxylic acids is 1. The van der Waals surface area contributed by atoms with Gasteiger partial charge in [-0.2, -0.15) is 0 Å². The van der Waals surface area contributed by atoms with Crippen LogP contribution in [0.4, 0.5) is 11.4 Å². The molecule has 0 radical (unpaired) electrons. The summed E-state index contributed by atoms with van der Waals surface area (Å²) in [5.74, 6) is -0.957. The molecule has 4 heterocycles. The van der Waals surface area contributed by atoms with E-state index in [0.717, 1.165) is 64.8 Å². The maximum absolute atomic E-state index is 11.7. The summed E-state index contributed by atoms with van der Waals surface area (Å²) in [6.07, 6.45) is 4.64. The zero-order chi connectivity index (χ0) is 23.4. The predicted molar refractivity (Wildman–Crippen MR) is 132 cm³/mol. The van der Waals surface area contributed by atoms with Crippen LogP contribution < -0.4 is 10.2 Å². The van der Waals surface area contributed by atoms with Gasteiger partial charge in [-0.15, -0.1) is 0 Å². The molecular formula is C27H27N3O4. The van der Waals surface area contributed by atoms with Crippen molar-refractivity contribution in [2.45, 2.75) is 44.9 Å². The summed E-state index contributed by atoms with van der Waals surface area (Å²) in [7, 11) is 0. The van der Waals surface area contributed by atoms with E-state index in [2.05, 4.69) is 29.3 Å². The van der Waals surface area contributed by atoms with Crippen LogP contribution in [0.2, 0.25) is 0 Å². The minimum atomic E-state index is -0.957. The van der Waals surface area contributed by atoms with Crippen molar-refractivity contribution in [1.29, 1.82) is 0 Å². The molecule has 0 aliphatic carbocycles. The quantitative estimate of drug-likeness (QED) is 0.407. The molecule has 0 saturated carbocycles. The number of rotatable bonds is 5. The lowest BCUT2D eigenvalue weighted by Crippen LogP contribution is -2.42. The molecule has 2 aromatic heterocycles. The molecule has 7 nitrogen and oxygen atoms in total. The van der Waals surface area contributed by atoms with Crippen molar-refractivity contribution in [2.24, 2.45) is 0 Å². The zero-order valence-electron chi connectivity index (χ0n) is 19.2. The van der Waals surface area contributed by atoms with Crippen molar-refractivity contribution in [1.82, 2.24) is 4.98 Å². The number of ether oxygens (including phenoxy) is 1. The number of nitrogens with one attached hydrogen (secondary N) is 1. The molecule has 4 aromatic rings. The van der Waals surface area contributed by atoms with E-state index in [9.17, 15) is 9.90 Å². The molecule has 2 saturated heterocycles. The largest absolute Gasteiger partial charge is 0.478 e. The summed E-state index contributed by atoms with van der Waals surface area (Å²) < 4.78 is 12.6. The number of hydrogen-bond donors (Lipinski definition) is 2. The Kier molecular flexibility index (Phi) is 4.95. The minimum Gasteiger partial charge on any atom is -0.478 e. The topological polar surface area (TPSA) is 87.8 Å². The van der Waals surface area contributed by atoms with E-state index in [-0.39, 0.29) is 23.8 Å². The first-order valence-electron chi connectivity index (χ1n) is 11.8. The molecule has 2 bridgehead atoms. The average molecular weight is 458 g/mol. The van der Waals surface area contributed by atoms with Crippen molar-refractivity contribution >= 4 is 39.4 Å². The number of carboxylic acids is 1. The number of carboxylic acid groups (broad SMARTS) is 1. The van der Waals surface area contributed by atoms with Crippen LogP contribution in [0.5, 0.6) is 0 Å². The molecule has 0 amide bonds. The fraction of sp³-hybridized carbons (Fsp3) is 0.333. The van der Waals surface area contributed by atoms with E-state index in [1.165, 1.54) is 0 Å². The Labute approximate surface area is 197 Å². The summed E-state index contributed by atoms with van der Waals surface area (Å²) in [4.78, 5) is 18.7. The highest BCUT2D eigenvalue weighted by Gasteiger charge is 2.35. The van der Waals surface area contributed by atoms with E-state index >= 15 is 0 Å². The molecule has 2 N–H and O–H groups in total. The summed E-state index contributed by atoms with van der Waals surface area (Å²) in [5, 5.41) is 13.9. The van der Waals surface area contributed by atoms with Crippen molar-refractivity contribution in [3.05, 3.63) is 65.4 Å². The summed E-state index contributed by atoms with van der Waals surface area (Å²) >= 11 is 0. The molecule has 2 aliphatic rings. The third kappa shape index (κ3) is 3.47. The van der Waals surface area contributed by atoms with Crippen LogP contribution >= 0.6 is 0 Å². The number of furan rings is 1. The monoisotopic (exact) mass is 457 g/mol. The molecule has 7 heteroatoms. The molecule has 174 valence electrons. The second-order valence-corrected chi connectivity index (χ2v) is 9.42. The first-order valence-corrected chi connectivity index (χ1v) is 11.8. The van der Waals surface area contributed by atoms with Gasteiger partial charge < -0.3 is 24.5 Å². The normalized spacial score (nSPS) is 20.7. The Morgan fingerprint density at radius 3 is 2.68 bits per heavy atom. The van der Waals surface area contributed by atoms with Crippen molar-refractivity contribution < 1.29 is 19.1 Å². The molecule has 34 heavy (non-hydrogen) atoms. The Balaban J connectivity index is 1.44. The van der Waals surface area contributed by atoms with Crippen molar-refractivity contribution in [3.8, 4) is 0 Å². The highest BCUT2D eigenvalue weighted by molar-refractivity contribution is 6.08. The Morgan fingerprint density at radius 1 is 1.15 bits per heavy atom.